The van der Waals surface area contributed by atoms with Crippen LogP contribution in [0.5, 0.6) is 0 Å². The summed E-state index contributed by atoms with van der Waals surface area (Å²) in [5, 5.41) is 0. The van der Waals surface area contributed by atoms with Gasteiger partial charge in [-0.05, 0) is 0 Å². The molecule has 0 spiro atoms. The van der Waals surface area contributed by atoms with Crippen molar-refractivity contribution in [1.29, 1.82) is 0 Å². The normalized spacial score (nSPS) is 9.57. The molecule has 0 amide bonds. The lowest BCUT2D eigenvalue weighted by Crippen LogP contribution is -1.89. The van der Waals surface area contributed by atoms with E-state index in [1.165, 1.54) is 0 Å². The van der Waals surface area contributed by atoms with E-state index in [9.17, 15) is 0 Å². The molecule has 0 aromatic rings. The van der Waals surface area contributed by atoms with Gasteiger partial charge in [0.2, 0.25) is 0 Å². The third kappa shape index (κ3) is 45100. The van der Waals surface area contributed by atoms with E-state index in [-0.39, 0.29) is 0 Å². The second kappa shape index (κ2) is 4.21. The van der Waals surface area contributed by atoms with E-state index in [0.29, 0.717) is 10.5 Å². The highest BCUT2D eigenvalue weighted by Crippen LogP contribution is 1.59. The summed E-state index contributed by atoms with van der Waals surface area (Å²) >= 11 is 0. The van der Waals surface area contributed by atoms with Crippen molar-refractivity contribution < 1.29 is 22.3 Å². The van der Waals surface area contributed by atoms with Crippen LogP contribution in [0.15, 0.2) is 0 Å². The topological polar surface area (TPSA) is 94.8 Å². The SMILES string of the molecule is O=S(=O)(O)O.O[SiH3]. The van der Waals surface area contributed by atoms with Gasteiger partial charge in [-0.3, -0.25) is 9.11 Å². The molecule has 0 aromatic carbocycles. The van der Waals surface area contributed by atoms with Crippen LogP contribution in [-0.4, -0.2) is 32.8 Å². The van der Waals surface area contributed by atoms with Crippen LogP contribution in [0.2, 0.25) is 0 Å². The molecule has 0 heterocycles. The number of hydrogen-bond donors (Lipinski definition) is 3. The summed E-state index contributed by atoms with van der Waals surface area (Å²) in [4.78, 5) is 7.14. The van der Waals surface area contributed by atoms with Crippen LogP contribution in [0.25, 0.3) is 0 Å². The standard InChI is InChI=1S/H2O4S.H4OSi/c1-5(2,3)4;1-2/h(H2,1,2,3,4);1H,2H3. The van der Waals surface area contributed by atoms with Gasteiger partial charge in [0.05, 0.1) is 0 Å². The van der Waals surface area contributed by atoms with Crippen LogP contribution in [0.1, 0.15) is 0 Å². The maximum Gasteiger partial charge on any atom is 0.394 e. The molecular formula is H6O5SSi. The lowest BCUT2D eigenvalue weighted by molar-refractivity contribution is 0.381. The molecule has 0 saturated carbocycles. The van der Waals surface area contributed by atoms with Gasteiger partial charge >= 0.3 is 10.4 Å². The van der Waals surface area contributed by atoms with E-state index >= 15 is 0 Å². The highest BCUT2D eigenvalue weighted by Gasteiger charge is 1.84. The Bertz CT molecular complexity index is 91.2. The minimum Gasteiger partial charge on any atom is -0.442 e. The second-order valence-corrected chi connectivity index (χ2v) is 1.34. The Morgan fingerprint density at radius 2 is 1.14 bits per heavy atom. The molecule has 7 heavy (non-hydrogen) atoms. The fourth-order valence-corrected chi connectivity index (χ4v) is 0. The minimum atomic E-state index is -4.67. The Balaban J connectivity index is 0. The maximum absolute atomic E-state index is 8.74. The highest BCUT2D eigenvalue weighted by atomic mass is 32.3. The van der Waals surface area contributed by atoms with Crippen LogP contribution in [0.3, 0.4) is 0 Å². The highest BCUT2D eigenvalue weighted by molar-refractivity contribution is 7.79. The average molecular weight is 146 g/mol. The third-order valence-electron chi connectivity index (χ3n) is 0. The number of rotatable bonds is 0. The van der Waals surface area contributed by atoms with Crippen molar-refractivity contribution in [2.75, 3.05) is 0 Å². The molecular weight excluding hydrogens is 140 g/mol. The van der Waals surface area contributed by atoms with E-state index in [0.717, 1.165) is 0 Å². The largest absolute Gasteiger partial charge is 0.442 e. The smallest absolute Gasteiger partial charge is 0.394 e. The van der Waals surface area contributed by atoms with Gasteiger partial charge in [-0.1, -0.05) is 0 Å². The van der Waals surface area contributed by atoms with Crippen LogP contribution < -0.4 is 0 Å². The predicted octanol–water partition coefficient (Wildman–Crippen LogP) is -2.39. The third-order valence-corrected chi connectivity index (χ3v) is 0. The van der Waals surface area contributed by atoms with Gasteiger partial charge in [-0.25, -0.2) is 0 Å². The summed E-state index contributed by atoms with van der Waals surface area (Å²) in [6.07, 6.45) is 0. The van der Waals surface area contributed by atoms with E-state index in [1.807, 2.05) is 0 Å². The summed E-state index contributed by atoms with van der Waals surface area (Å²) in [7, 11) is -4.36. The number of hydrogen-bond acceptors (Lipinski definition) is 3. The Morgan fingerprint density at radius 1 is 1.14 bits per heavy atom. The van der Waals surface area contributed by atoms with Gasteiger partial charge < -0.3 is 4.80 Å². The molecule has 5 nitrogen and oxygen atoms in total. The van der Waals surface area contributed by atoms with Gasteiger partial charge in [0.15, 0.2) is 0 Å². The average Bonchev–Trinajstić information content (AvgIpc) is 1.36. The molecule has 46 valence electrons. The van der Waals surface area contributed by atoms with Crippen molar-refractivity contribution in [3.8, 4) is 0 Å². The van der Waals surface area contributed by atoms with Gasteiger partial charge in [-0.2, -0.15) is 8.42 Å². The van der Waals surface area contributed by atoms with Crippen LogP contribution in [-0.2, 0) is 10.4 Å². The Morgan fingerprint density at radius 3 is 1.14 bits per heavy atom. The molecule has 0 aliphatic rings. The Kier molecular flexibility index (Phi) is 6.09. The van der Waals surface area contributed by atoms with Crippen molar-refractivity contribution in [2.24, 2.45) is 0 Å². The van der Waals surface area contributed by atoms with Crippen LogP contribution in [0, 0.1) is 0 Å². The molecule has 0 aromatic heterocycles. The van der Waals surface area contributed by atoms with Crippen molar-refractivity contribution in [3.05, 3.63) is 0 Å². The fraction of sp³-hybridized carbons (Fsp3) is 0. The summed E-state index contributed by atoms with van der Waals surface area (Å²) in [5.41, 5.74) is 0. The van der Waals surface area contributed by atoms with Gasteiger partial charge in [-0.15, -0.1) is 0 Å². The zero-order valence-electron chi connectivity index (χ0n) is 3.57. The van der Waals surface area contributed by atoms with Gasteiger partial charge in [0.1, 0.15) is 10.5 Å². The van der Waals surface area contributed by atoms with Crippen molar-refractivity contribution in [2.45, 2.75) is 0 Å². The minimum absolute atomic E-state index is 0.306. The first-order chi connectivity index (χ1) is 3.00. The molecule has 0 saturated heterocycles. The zero-order valence-corrected chi connectivity index (χ0v) is 6.38. The van der Waals surface area contributed by atoms with E-state index in [1.54, 1.807) is 0 Å². The summed E-state index contributed by atoms with van der Waals surface area (Å²) in [6.45, 7) is 0. The molecule has 0 aliphatic heterocycles. The molecule has 0 atom stereocenters. The molecule has 3 N–H and O–H groups in total. The first kappa shape index (κ1) is 10.1. The van der Waals surface area contributed by atoms with Crippen LogP contribution in [0.4, 0.5) is 0 Å². The summed E-state index contributed by atoms with van der Waals surface area (Å²) in [6, 6.07) is 0. The quantitative estimate of drug-likeness (QED) is 0.262. The van der Waals surface area contributed by atoms with Crippen molar-refractivity contribution >= 4 is 20.9 Å². The molecule has 0 rings (SSSR count). The molecule has 0 unspecified atom stereocenters. The van der Waals surface area contributed by atoms with Crippen molar-refractivity contribution in [3.63, 3.8) is 0 Å². The maximum atomic E-state index is 8.74. The molecule has 0 radical (unpaired) electrons. The Hall–Kier alpha value is 0.0469. The van der Waals surface area contributed by atoms with Gasteiger partial charge in [0.25, 0.3) is 0 Å². The molecule has 7 heteroatoms. The first-order valence-electron chi connectivity index (χ1n) is 1.15. The Labute approximate surface area is 44.1 Å². The molecule has 0 fully saturated rings. The lowest BCUT2D eigenvalue weighted by Gasteiger charge is -1.68. The predicted molar refractivity (Wildman–Crippen MR) is 26.3 cm³/mol. The second-order valence-electron chi connectivity index (χ2n) is 0.448. The first-order valence-corrected chi connectivity index (χ1v) is 3.44. The van der Waals surface area contributed by atoms with Crippen molar-refractivity contribution in [1.82, 2.24) is 0 Å². The van der Waals surface area contributed by atoms with E-state index in [2.05, 4.69) is 0 Å². The van der Waals surface area contributed by atoms with E-state index < -0.39 is 10.4 Å². The lowest BCUT2D eigenvalue weighted by atomic mass is 15.8. The monoisotopic (exact) mass is 146 g/mol. The summed E-state index contributed by atoms with van der Waals surface area (Å²) < 4.78 is 31.6. The molecule has 0 bridgehead atoms. The fourth-order valence-electron chi connectivity index (χ4n) is 0. The molecule has 0 aliphatic carbocycles. The summed E-state index contributed by atoms with van der Waals surface area (Å²) in [5.74, 6) is 0. The zero-order chi connectivity index (χ0) is 6.50. The van der Waals surface area contributed by atoms with Crippen LogP contribution >= 0.6 is 0 Å². The van der Waals surface area contributed by atoms with Gasteiger partial charge in [0, 0.05) is 0 Å². The van der Waals surface area contributed by atoms with E-state index in [4.69, 9.17) is 22.3 Å².